The van der Waals surface area contributed by atoms with Gasteiger partial charge in [0.15, 0.2) is 0 Å². The quantitative estimate of drug-likeness (QED) is 0.435. The Bertz CT molecular complexity index is 1410. The lowest BCUT2D eigenvalue weighted by Gasteiger charge is -2.43. The SMILES string of the molecule is Cc1nc(N[C@H](C)c2cccc(C(F)F)c2F)c2cc3c(cc2n1)OCC[C@H]1CN(C(=O)C(C)(C)C)CCN31. The molecule has 1 amide bonds. The first kappa shape index (κ1) is 27.0. The number of nitrogens with zero attached hydrogens (tertiary/aromatic N) is 4. The van der Waals surface area contributed by atoms with Gasteiger partial charge in [0.25, 0.3) is 6.43 Å². The number of rotatable bonds is 4. The number of hydrogen-bond acceptors (Lipinski definition) is 6. The number of aryl methyl sites for hydroxylation is 1. The summed E-state index contributed by atoms with van der Waals surface area (Å²) in [5.41, 5.74) is 0.621. The van der Waals surface area contributed by atoms with Crippen molar-refractivity contribution in [3.8, 4) is 5.75 Å². The van der Waals surface area contributed by atoms with Crippen molar-refractivity contribution < 1.29 is 22.7 Å². The van der Waals surface area contributed by atoms with E-state index in [0.29, 0.717) is 54.5 Å². The number of piperazine rings is 1. The first-order valence-electron chi connectivity index (χ1n) is 13.3. The fraction of sp³-hybridized carbons (Fsp3) is 0.483. The van der Waals surface area contributed by atoms with E-state index in [4.69, 9.17) is 4.74 Å². The molecule has 2 aliphatic heterocycles. The molecule has 0 aliphatic carbocycles. The Morgan fingerprint density at radius 1 is 1.15 bits per heavy atom. The van der Waals surface area contributed by atoms with Crippen LogP contribution in [0.25, 0.3) is 10.9 Å². The van der Waals surface area contributed by atoms with E-state index >= 15 is 0 Å². The van der Waals surface area contributed by atoms with Crippen LogP contribution in [0.5, 0.6) is 5.75 Å². The van der Waals surface area contributed by atoms with Crippen molar-refractivity contribution in [2.75, 3.05) is 36.5 Å². The van der Waals surface area contributed by atoms with E-state index in [0.717, 1.165) is 18.2 Å². The van der Waals surface area contributed by atoms with Crippen LogP contribution in [0.15, 0.2) is 30.3 Å². The molecule has 5 rings (SSSR count). The number of alkyl halides is 2. The number of carbonyl (C=O) groups excluding carboxylic acids is 1. The number of aromatic nitrogens is 2. The third kappa shape index (κ3) is 5.21. The summed E-state index contributed by atoms with van der Waals surface area (Å²) in [4.78, 5) is 26.4. The second-order valence-corrected chi connectivity index (χ2v) is 11.4. The summed E-state index contributed by atoms with van der Waals surface area (Å²) >= 11 is 0. The summed E-state index contributed by atoms with van der Waals surface area (Å²) < 4.78 is 47.6. The van der Waals surface area contributed by atoms with E-state index in [-0.39, 0.29) is 17.5 Å². The van der Waals surface area contributed by atoms with Gasteiger partial charge in [0, 0.05) is 48.5 Å². The monoisotopic (exact) mass is 541 g/mol. The van der Waals surface area contributed by atoms with Gasteiger partial charge in [-0.1, -0.05) is 39.0 Å². The Balaban J connectivity index is 1.50. The summed E-state index contributed by atoms with van der Waals surface area (Å²) in [7, 11) is 0. The van der Waals surface area contributed by atoms with Gasteiger partial charge in [0.1, 0.15) is 23.2 Å². The predicted molar refractivity (Wildman–Crippen MR) is 145 cm³/mol. The summed E-state index contributed by atoms with van der Waals surface area (Å²) in [5, 5.41) is 3.95. The molecule has 2 atom stereocenters. The van der Waals surface area contributed by atoms with E-state index in [2.05, 4.69) is 20.2 Å². The molecular weight excluding hydrogens is 507 g/mol. The third-order valence-electron chi connectivity index (χ3n) is 7.43. The van der Waals surface area contributed by atoms with Crippen LogP contribution in [0.4, 0.5) is 24.7 Å². The second kappa shape index (κ2) is 10.2. The van der Waals surface area contributed by atoms with Crippen LogP contribution in [-0.4, -0.2) is 53.1 Å². The minimum Gasteiger partial charge on any atom is -0.491 e. The molecule has 1 saturated heterocycles. The van der Waals surface area contributed by atoms with Crippen molar-refractivity contribution in [1.82, 2.24) is 14.9 Å². The van der Waals surface area contributed by atoms with Gasteiger partial charge in [-0.25, -0.2) is 23.1 Å². The molecule has 1 N–H and O–H groups in total. The predicted octanol–water partition coefficient (Wildman–Crippen LogP) is 6.03. The molecular formula is C29H34F3N5O2. The van der Waals surface area contributed by atoms with Gasteiger partial charge < -0.3 is 19.9 Å². The minimum atomic E-state index is -2.90. The summed E-state index contributed by atoms with van der Waals surface area (Å²) in [6.45, 7) is 11.7. The number of anilines is 2. The highest BCUT2D eigenvalue weighted by Gasteiger charge is 2.36. The van der Waals surface area contributed by atoms with E-state index < -0.39 is 29.3 Å². The largest absolute Gasteiger partial charge is 0.491 e. The zero-order valence-corrected chi connectivity index (χ0v) is 22.9. The van der Waals surface area contributed by atoms with E-state index in [1.165, 1.54) is 12.1 Å². The van der Waals surface area contributed by atoms with Gasteiger partial charge in [0.05, 0.1) is 35.5 Å². The Kier molecular flexibility index (Phi) is 7.07. The molecule has 0 saturated carbocycles. The number of ether oxygens (including phenoxy) is 1. The Morgan fingerprint density at radius 2 is 1.90 bits per heavy atom. The van der Waals surface area contributed by atoms with Crippen LogP contribution in [0.2, 0.25) is 0 Å². The number of carbonyl (C=O) groups is 1. The molecule has 0 radical (unpaired) electrons. The first-order chi connectivity index (χ1) is 18.4. The Hall–Kier alpha value is -3.56. The van der Waals surface area contributed by atoms with Gasteiger partial charge in [-0.2, -0.15) is 0 Å². The summed E-state index contributed by atoms with van der Waals surface area (Å²) in [5.74, 6) is 0.930. The Morgan fingerprint density at radius 3 is 2.62 bits per heavy atom. The molecule has 10 heteroatoms. The maximum Gasteiger partial charge on any atom is 0.266 e. The molecule has 39 heavy (non-hydrogen) atoms. The van der Waals surface area contributed by atoms with Gasteiger partial charge >= 0.3 is 0 Å². The molecule has 2 aliphatic rings. The van der Waals surface area contributed by atoms with E-state index in [1.54, 1.807) is 13.8 Å². The van der Waals surface area contributed by atoms with Crippen molar-refractivity contribution in [2.24, 2.45) is 5.41 Å². The lowest BCUT2D eigenvalue weighted by Crippen LogP contribution is -2.56. The molecule has 1 fully saturated rings. The molecule has 208 valence electrons. The Labute approximate surface area is 226 Å². The number of amides is 1. The number of benzene rings is 2. The fourth-order valence-corrected chi connectivity index (χ4v) is 5.45. The maximum atomic E-state index is 14.9. The van der Waals surface area contributed by atoms with Gasteiger partial charge in [-0.05, 0) is 19.9 Å². The van der Waals surface area contributed by atoms with Crippen LogP contribution in [0.3, 0.4) is 0 Å². The molecule has 2 aromatic carbocycles. The van der Waals surface area contributed by atoms with Crippen molar-refractivity contribution in [2.45, 2.75) is 59.5 Å². The van der Waals surface area contributed by atoms with Crippen LogP contribution in [0, 0.1) is 18.2 Å². The van der Waals surface area contributed by atoms with Gasteiger partial charge in [-0.3, -0.25) is 4.79 Å². The van der Waals surface area contributed by atoms with Crippen LogP contribution < -0.4 is 15.0 Å². The van der Waals surface area contributed by atoms with Crippen LogP contribution >= 0.6 is 0 Å². The lowest BCUT2D eigenvalue weighted by atomic mass is 9.93. The van der Waals surface area contributed by atoms with Gasteiger partial charge in [0.2, 0.25) is 5.91 Å². The molecule has 0 unspecified atom stereocenters. The standard InChI is InChI=1S/C29H34F3N5O2/c1-16(19-7-6-8-20(25(19)30)26(31)32)33-27-21-13-23-24(14-22(21)34-17(2)35-27)39-12-9-18-15-36(10-11-37(18)23)28(38)29(3,4)5/h6-8,13-14,16,18,26H,9-12,15H2,1-5H3,(H,33,34,35)/t16-,18+/m1/s1. The first-order valence-corrected chi connectivity index (χ1v) is 13.3. The average molecular weight is 542 g/mol. The van der Waals surface area contributed by atoms with Crippen molar-refractivity contribution >= 4 is 28.3 Å². The zero-order valence-electron chi connectivity index (χ0n) is 22.9. The highest BCUT2D eigenvalue weighted by molar-refractivity contribution is 5.94. The molecule has 0 spiro atoms. The molecule has 7 nitrogen and oxygen atoms in total. The molecule has 0 bridgehead atoms. The highest BCUT2D eigenvalue weighted by atomic mass is 19.3. The smallest absolute Gasteiger partial charge is 0.266 e. The lowest BCUT2D eigenvalue weighted by molar-refractivity contribution is -0.140. The van der Waals surface area contributed by atoms with E-state index in [9.17, 15) is 18.0 Å². The molecule has 1 aromatic heterocycles. The minimum absolute atomic E-state index is 0.0941. The summed E-state index contributed by atoms with van der Waals surface area (Å²) in [6, 6.07) is 7.36. The number of fused-ring (bicyclic) bond motifs is 4. The van der Waals surface area contributed by atoms with Gasteiger partial charge in [-0.15, -0.1) is 0 Å². The topological polar surface area (TPSA) is 70.6 Å². The third-order valence-corrected chi connectivity index (χ3v) is 7.43. The average Bonchev–Trinajstić information content (AvgIpc) is 3.04. The molecule has 3 heterocycles. The number of halogens is 3. The molecule has 3 aromatic rings. The van der Waals surface area contributed by atoms with Crippen LogP contribution in [-0.2, 0) is 4.79 Å². The van der Waals surface area contributed by atoms with Crippen molar-refractivity contribution in [1.29, 1.82) is 0 Å². The maximum absolute atomic E-state index is 14.9. The number of hydrogen-bond donors (Lipinski definition) is 1. The second-order valence-electron chi connectivity index (χ2n) is 11.4. The number of nitrogens with one attached hydrogen (secondary N) is 1. The van der Waals surface area contributed by atoms with Crippen molar-refractivity contribution in [3.63, 3.8) is 0 Å². The zero-order chi connectivity index (χ0) is 28.1. The highest BCUT2D eigenvalue weighted by Crippen LogP contribution is 2.40. The normalized spacial score (nSPS) is 18.3. The van der Waals surface area contributed by atoms with E-state index in [1.807, 2.05) is 37.8 Å². The van der Waals surface area contributed by atoms with Crippen molar-refractivity contribution in [3.05, 3.63) is 53.1 Å². The summed E-state index contributed by atoms with van der Waals surface area (Å²) in [6.07, 6.45) is -2.13. The van der Waals surface area contributed by atoms with Crippen LogP contribution in [0.1, 0.15) is 63.5 Å². The fourth-order valence-electron chi connectivity index (χ4n) is 5.45.